The van der Waals surface area contributed by atoms with Crippen LogP contribution in [-0.2, 0) is 14.4 Å². The number of hydrogen-bond acceptors (Lipinski definition) is 3. The molecule has 0 rings (SSSR count). The van der Waals surface area contributed by atoms with Gasteiger partial charge in [-0.05, 0) is 6.92 Å². The minimum absolute atomic E-state index is 0.00624. The number of amides is 3. The monoisotopic (exact) mass is 257 g/mol. The van der Waals surface area contributed by atoms with Gasteiger partial charge < -0.3 is 14.7 Å². The van der Waals surface area contributed by atoms with Crippen LogP contribution in [0.3, 0.4) is 0 Å². The van der Waals surface area contributed by atoms with E-state index in [1.54, 1.807) is 33.0 Å². The number of nitrogens with zero attached hydrogens (tertiary/aromatic N) is 3. The van der Waals surface area contributed by atoms with Gasteiger partial charge in [0.15, 0.2) is 0 Å². The Hall–Kier alpha value is -1.59. The molecule has 0 N–H and O–H groups in total. The second-order valence-corrected chi connectivity index (χ2v) is 4.26. The molecule has 6 nitrogen and oxygen atoms in total. The molecule has 0 atom stereocenters. The average Bonchev–Trinajstić information content (AvgIpc) is 2.35. The molecule has 0 bridgehead atoms. The predicted octanol–water partition coefficient (Wildman–Crippen LogP) is -0.208. The molecular weight excluding hydrogens is 234 g/mol. The Labute approximate surface area is 109 Å². The molecule has 0 aliphatic heterocycles. The lowest BCUT2D eigenvalue weighted by Gasteiger charge is -2.23. The first-order valence-corrected chi connectivity index (χ1v) is 6.05. The topological polar surface area (TPSA) is 60.9 Å². The standard InChI is InChI=1S/C12H23N3O3/c1-6-10(16)14(4)9-12(18)15(5)8-11(17)13(3)7-2/h6-9H2,1-5H3. The second-order valence-electron chi connectivity index (χ2n) is 4.26. The van der Waals surface area contributed by atoms with Gasteiger partial charge in [0.1, 0.15) is 0 Å². The molecule has 0 saturated heterocycles. The smallest absolute Gasteiger partial charge is 0.242 e. The van der Waals surface area contributed by atoms with Crippen molar-refractivity contribution >= 4 is 17.7 Å². The van der Waals surface area contributed by atoms with Gasteiger partial charge in [0.05, 0.1) is 13.1 Å². The van der Waals surface area contributed by atoms with E-state index >= 15 is 0 Å². The molecule has 0 fully saturated rings. The van der Waals surface area contributed by atoms with Crippen molar-refractivity contribution in [2.24, 2.45) is 0 Å². The summed E-state index contributed by atoms with van der Waals surface area (Å²) in [5.41, 5.74) is 0. The van der Waals surface area contributed by atoms with E-state index in [0.29, 0.717) is 13.0 Å². The third kappa shape index (κ3) is 5.16. The highest BCUT2D eigenvalue weighted by Crippen LogP contribution is 1.95. The van der Waals surface area contributed by atoms with Crippen molar-refractivity contribution < 1.29 is 14.4 Å². The lowest BCUT2D eigenvalue weighted by molar-refractivity contribution is -0.141. The van der Waals surface area contributed by atoms with E-state index in [0.717, 1.165) is 0 Å². The summed E-state index contributed by atoms with van der Waals surface area (Å²) in [4.78, 5) is 39.0. The highest BCUT2D eigenvalue weighted by atomic mass is 16.2. The molecule has 0 aliphatic carbocycles. The van der Waals surface area contributed by atoms with Crippen LogP contribution in [0.15, 0.2) is 0 Å². The van der Waals surface area contributed by atoms with Crippen molar-refractivity contribution in [2.75, 3.05) is 40.8 Å². The lowest BCUT2D eigenvalue weighted by Crippen LogP contribution is -2.43. The third-order valence-electron chi connectivity index (χ3n) is 2.80. The molecule has 0 heterocycles. The number of hydrogen-bond donors (Lipinski definition) is 0. The zero-order valence-corrected chi connectivity index (χ0v) is 11.9. The van der Waals surface area contributed by atoms with Crippen LogP contribution in [0.5, 0.6) is 0 Å². The molecule has 6 heteroatoms. The van der Waals surface area contributed by atoms with Gasteiger partial charge in [0.25, 0.3) is 0 Å². The summed E-state index contributed by atoms with van der Waals surface area (Å²) >= 11 is 0. The van der Waals surface area contributed by atoms with Crippen molar-refractivity contribution in [1.82, 2.24) is 14.7 Å². The van der Waals surface area contributed by atoms with E-state index in [4.69, 9.17) is 0 Å². The van der Waals surface area contributed by atoms with Gasteiger partial charge in [-0.1, -0.05) is 6.92 Å². The van der Waals surface area contributed by atoms with Crippen molar-refractivity contribution in [3.05, 3.63) is 0 Å². The van der Waals surface area contributed by atoms with Crippen LogP contribution in [0.2, 0.25) is 0 Å². The normalized spacial score (nSPS) is 9.83. The van der Waals surface area contributed by atoms with Crippen molar-refractivity contribution in [3.63, 3.8) is 0 Å². The zero-order valence-electron chi connectivity index (χ0n) is 11.9. The Morgan fingerprint density at radius 3 is 1.50 bits per heavy atom. The molecule has 0 aliphatic rings. The fourth-order valence-electron chi connectivity index (χ4n) is 1.27. The summed E-state index contributed by atoms with van der Waals surface area (Å²) in [5.74, 6) is -0.441. The fraction of sp³-hybridized carbons (Fsp3) is 0.750. The van der Waals surface area contributed by atoms with Gasteiger partial charge in [-0.15, -0.1) is 0 Å². The third-order valence-corrected chi connectivity index (χ3v) is 2.80. The Balaban J connectivity index is 4.27. The van der Waals surface area contributed by atoms with Crippen LogP contribution in [0.4, 0.5) is 0 Å². The lowest BCUT2D eigenvalue weighted by atomic mass is 10.3. The van der Waals surface area contributed by atoms with Crippen LogP contribution in [0.1, 0.15) is 20.3 Å². The SMILES string of the molecule is CCC(=O)N(C)CC(=O)N(C)CC(=O)N(C)CC. The minimum atomic E-state index is -0.239. The number of carbonyl (C=O) groups excluding carboxylic acids is 3. The maximum absolute atomic E-state index is 11.8. The van der Waals surface area contributed by atoms with E-state index < -0.39 is 0 Å². The Bertz CT molecular complexity index is 318. The highest BCUT2D eigenvalue weighted by Gasteiger charge is 2.18. The minimum Gasteiger partial charge on any atom is -0.345 e. The Morgan fingerprint density at radius 2 is 1.11 bits per heavy atom. The first-order chi connectivity index (χ1) is 8.33. The molecule has 0 saturated carbocycles. The van der Waals surface area contributed by atoms with E-state index in [9.17, 15) is 14.4 Å². The van der Waals surface area contributed by atoms with E-state index in [-0.39, 0.29) is 30.8 Å². The van der Waals surface area contributed by atoms with Crippen LogP contribution >= 0.6 is 0 Å². The van der Waals surface area contributed by atoms with Crippen molar-refractivity contribution in [3.8, 4) is 0 Å². The van der Waals surface area contributed by atoms with Gasteiger partial charge >= 0.3 is 0 Å². The van der Waals surface area contributed by atoms with Crippen LogP contribution in [0.25, 0.3) is 0 Å². The molecule has 3 amide bonds. The first kappa shape index (κ1) is 16.4. The van der Waals surface area contributed by atoms with E-state index in [2.05, 4.69) is 0 Å². The molecule has 104 valence electrons. The summed E-state index contributed by atoms with van der Waals surface area (Å²) in [6, 6.07) is 0. The van der Waals surface area contributed by atoms with Gasteiger partial charge in [-0.3, -0.25) is 14.4 Å². The summed E-state index contributed by atoms with van der Waals surface area (Å²) in [6.07, 6.45) is 0.366. The molecule has 18 heavy (non-hydrogen) atoms. The number of carbonyl (C=O) groups is 3. The molecule has 0 radical (unpaired) electrons. The largest absolute Gasteiger partial charge is 0.345 e. The molecule has 0 aromatic carbocycles. The van der Waals surface area contributed by atoms with Crippen LogP contribution in [-0.4, -0.2) is 73.2 Å². The van der Waals surface area contributed by atoms with Gasteiger partial charge in [-0.25, -0.2) is 0 Å². The predicted molar refractivity (Wildman–Crippen MR) is 68.9 cm³/mol. The van der Waals surface area contributed by atoms with Crippen molar-refractivity contribution in [2.45, 2.75) is 20.3 Å². The average molecular weight is 257 g/mol. The molecular formula is C12H23N3O3. The number of rotatable bonds is 6. The van der Waals surface area contributed by atoms with E-state index in [1.165, 1.54) is 9.80 Å². The summed E-state index contributed by atoms with van der Waals surface area (Å²) < 4.78 is 0. The highest BCUT2D eigenvalue weighted by molar-refractivity contribution is 5.87. The Morgan fingerprint density at radius 1 is 0.722 bits per heavy atom. The van der Waals surface area contributed by atoms with Crippen LogP contribution in [0, 0.1) is 0 Å². The van der Waals surface area contributed by atoms with E-state index in [1.807, 2.05) is 6.92 Å². The molecule has 0 unspecified atom stereocenters. The van der Waals surface area contributed by atoms with Gasteiger partial charge in [0.2, 0.25) is 17.7 Å². The number of likely N-dealkylation sites (N-methyl/N-ethyl adjacent to an activating group) is 3. The maximum Gasteiger partial charge on any atom is 0.242 e. The summed E-state index contributed by atoms with van der Waals surface area (Å²) in [7, 11) is 4.83. The fourth-order valence-corrected chi connectivity index (χ4v) is 1.27. The Kier molecular flexibility index (Phi) is 7.00. The quantitative estimate of drug-likeness (QED) is 0.661. The maximum atomic E-state index is 11.8. The second kappa shape index (κ2) is 7.68. The van der Waals surface area contributed by atoms with Crippen LogP contribution < -0.4 is 0 Å². The van der Waals surface area contributed by atoms with Gasteiger partial charge in [0, 0.05) is 34.1 Å². The molecule has 0 spiro atoms. The molecule has 0 aromatic rings. The zero-order chi connectivity index (χ0) is 14.3. The first-order valence-electron chi connectivity index (χ1n) is 6.05. The van der Waals surface area contributed by atoms with Gasteiger partial charge in [-0.2, -0.15) is 0 Å². The van der Waals surface area contributed by atoms with Crippen molar-refractivity contribution in [1.29, 1.82) is 0 Å². The molecule has 0 aromatic heterocycles. The summed E-state index contributed by atoms with van der Waals surface area (Å²) in [5, 5.41) is 0. The summed E-state index contributed by atoms with van der Waals surface area (Å²) in [6.45, 7) is 4.26.